The molecule has 10 nitrogen and oxygen atoms in total. The van der Waals surface area contributed by atoms with Crippen LogP contribution in [0.3, 0.4) is 0 Å². The van der Waals surface area contributed by atoms with Gasteiger partial charge in [-0.3, -0.25) is 4.79 Å². The van der Waals surface area contributed by atoms with E-state index in [4.69, 9.17) is 30.5 Å². The molecule has 0 aliphatic carbocycles. The summed E-state index contributed by atoms with van der Waals surface area (Å²) in [6.07, 6.45) is 4.02. The fraction of sp³-hybridized carbons (Fsp3) is 0.607. The van der Waals surface area contributed by atoms with Crippen molar-refractivity contribution in [3.05, 3.63) is 35.4 Å². The fourth-order valence-electron chi connectivity index (χ4n) is 5.53. The molecule has 2 saturated heterocycles. The summed E-state index contributed by atoms with van der Waals surface area (Å²) in [6.45, 7) is 6.88. The number of nitrogens with zero attached hydrogens (tertiary/aromatic N) is 4. The summed E-state index contributed by atoms with van der Waals surface area (Å²) in [5.74, 6) is -1.06. The van der Waals surface area contributed by atoms with Crippen molar-refractivity contribution in [3.63, 3.8) is 0 Å². The monoisotopic (exact) mass is 580 g/mol. The average molecular weight is 581 g/mol. The standard InChI is InChI=1S/C28H38ClFN4O6/c1-17-15-33(23-11-26(38-4)31-14-20(23)29)7-6-24(17)40-28-21(30)10-19(13-32-28)34-16-25(39-9-5-8-37-3)18(2)22(34)12-27(35)36/h10-11,13-14,17-18,22,24-25H,5-9,12,15-16H2,1-4H3,(H,35,36). The van der Waals surface area contributed by atoms with Crippen molar-refractivity contribution < 1.29 is 33.2 Å². The van der Waals surface area contributed by atoms with Gasteiger partial charge in [-0.2, -0.15) is 0 Å². The number of carboxylic acid groups (broad SMARTS) is 1. The highest BCUT2D eigenvalue weighted by Crippen LogP contribution is 2.36. The number of aromatic nitrogens is 2. The van der Waals surface area contributed by atoms with Crippen molar-refractivity contribution in [2.24, 2.45) is 11.8 Å². The minimum atomic E-state index is -0.915. The number of piperidine rings is 1. The smallest absolute Gasteiger partial charge is 0.305 e. The molecule has 2 aromatic rings. The lowest BCUT2D eigenvalue weighted by atomic mass is 9.96. The molecule has 5 atom stereocenters. The Morgan fingerprint density at radius 1 is 1.15 bits per heavy atom. The molecule has 5 unspecified atom stereocenters. The molecule has 2 fully saturated rings. The lowest BCUT2D eigenvalue weighted by Gasteiger charge is -2.38. The largest absolute Gasteiger partial charge is 0.481 e. The average Bonchev–Trinajstić information content (AvgIpc) is 3.23. The molecule has 1 N–H and O–H groups in total. The number of hydrogen-bond acceptors (Lipinski definition) is 9. The van der Waals surface area contributed by atoms with E-state index in [0.29, 0.717) is 55.9 Å². The number of methoxy groups -OCH3 is 2. The molecule has 40 heavy (non-hydrogen) atoms. The molecule has 0 bridgehead atoms. The fourth-order valence-corrected chi connectivity index (χ4v) is 5.75. The minimum absolute atomic E-state index is 0.0578. The van der Waals surface area contributed by atoms with Crippen molar-refractivity contribution in [1.82, 2.24) is 9.97 Å². The quantitative estimate of drug-likeness (QED) is 0.365. The molecule has 0 amide bonds. The first-order valence-corrected chi connectivity index (χ1v) is 13.9. The Balaban J connectivity index is 1.42. The zero-order valence-electron chi connectivity index (χ0n) is 23.4. The van der Waals surface area contributed by atoms with Gasteiger partial charge in [-0.05, 0) is 6.42 Å². The van der Waals surface area contributed by atoms with Crippen molar-refractivity contribution in [2.75, 3.05) is 56.9 Å². The summed E-state index contributed by atoms with van der Waals surface area (Å²) in [7, 11) is 3.19. The topological polar surface area (TPSA) is 106 Å². The number of pyridine rings is 2. The molecule has 12 heteroatoms. The molecule has 0 aromatic carbocycles. The molecule has 4 rings (SSSR count). The minimum Gasteiger partial charge on any atom is -0.481 e. The van der Waals surface area contributed by atoms with E-state index in [0.717, 1.165) is 12.1 Å². The number of carbonyl (C=O) groups is 1. The molecule has 4 heterocycles. The van der Waals surface area contributed by atoms with E-state index in [2.05, 4.69) is 14.9 Å². The maximum absolute atomic E-state index is 15.3. The van der Waals surface area contributed by atoms with E-state index in [-0.39, 0.29) is 42.4 Å². The summed E-state index contributed by atoms with van der Waals surface area (Å²) < 4.78 is 37.7. The van der Waals surface area contributed by atoms with E-state index in [9.17, 15) is 9.90 Å². The Hall–Kier alpha value is -2.89. The van der Waals surface area contributed by atoms with E-state index >= 15 is 4.39 Å². The Morgan fingerprint density at radius 2 is 1.95 bits per heavy atom. The normalized spacial score (nSPS) is 24.8. The van der Waals surface area contributed by atoms with Crippen LogP contribution < -0.4 is 19.3 Å². The first-order chi connectivity index (χ1) is 19.2. The van der Waals surface area contributed by atoms with E-state index in [1.54, 1.807) is 26.6 Å². The van der Waals surface area contributed by atoms with Gasteiger partial charge in [0.2, 0.25) is 5.88 Å². The number of anilines is 2. The molecule has 2 aliphatic rings. The Kier molecular flexibility index (Phi) is 10.3. The van der Waals surface area contributed by atoms with Gasteiger partial charge in [0.25, 0.3) is 5.88 Å². The van der Waals surface area contributed by atoms with Crippen LogP contribution in [0.5, 0.6) is 11.8 Å². The summed E-state index contributed by atoms with van der Waals surface area (Å²) in [5.41, 5.74) is 1.35. The molecular formula is C28H38ClFN4O6. The molecule has 0 radical (unpaired) electrons. The van der Waals surface area contributed by atoms with Gasteiger partial charge in [0.05, 0.1) is 48.4 Å². The first kappa shape index (κ1) is 30.1. The van der Waals surface area contributed by atoms with Crippen molar-refractivity contribution in [1.29, 1.82) is 0 Å². The van der Waals surface area contributed by atoms with E-state index in [1.807, 2.05) is 24.8 Å². The molecule has 0 spiro atoms. The van der Waals surface area contributed by atoms with Gasteiger partial charge >= 0.3 is 5.97 Å². The van der Waals surface area contributed by atoms with Gasteiger partial charge < -0.3 is 33.9 Å². The van der Waals surface area contributed by atoms with Crippen LogP contribution in [0.15, 0.2) is 24.5 Å². The van der Waals surface area contributed by atoms with Gasteiger partial charge in [0.1, 0.15) is 6.10 Å². The molecule has 220 valence electrons. The molecule has 2 aromatic heterocycles. The zero-order valence-corrected chi connectivity index (χ0v) is 24.1. The van der Waals surface area contributed by atoms with Crippen LogP contribution >= 0.6 is 11.6 Å². The van der Waals surface area contributed by atoms with Crippen molar-refractivity contribution >= 4 is 28.9 Å². The lowest BCUT2D eigenvalue weighted by molar-refractivity contribution is -0.137. The van der Waals surface area contributed by atoms with Crippen LogP contribution in [0.1, 0.15) is 33.1 Å². The predicted molar refractivity (Wildman–Crippen MR) is 149 cm³/mol. The Bertz CT molecular complexity index is 1160. The zero-order chi connectivity index (χ0) is 28.8. The van der Waals surface area contributed by atoms with Crippen LogP contribution in [0.25, 0.3) is 0 Å². The third-order valence-electron chi connectivity index (χ3n) is 7.75. The predicted octanol–water partition coefficient (Wildman–Crippen LogP) is 4.29. The van der Waals surface area contributed by atoms with Crippen molar-refractivity contribution in [3.8, 4) is 11.8 Å². The van der Waals surface area contributed by atoms with Gasteiger partial charge in [-0.1, -0.05) is 25.4 Å². The highest BCUT2D eigenvalue weighted by molar-refractivity contribution is 6.33. The van der Waals surface area contributed by atoms with Gasteiger partial charge in [-0.15, -0.1) is 0 Å². The summed E-state index contributed by atoms with van der Waals surface area (Å²) in [4.78, 5) is 24.1. The maximum Gasteiger partial charge on any atom is 0.305 e. The number of aliphatic carboxylic acids is 1. The number of carboxylic acids is 1. The number of rotatable bonds is 12. The second kappa shape index (κ2) is 13.6. The highest BCUT2D eigenvalue weighted by Gasteiger charge is 2.41. The second-order valence-electron chi connectivity index (χ2n) is 10.5. The number of halogens is 2. The highest BCUT2D eigenvalue weighted by atomic mass is 35.5. The van der Waals surface area contributed by atoms with Gasteiger partial charge in [0.15, 0.2) is 5.82 Å². The molecular weight excluding hydrogens is 543 g/mol. The lowest BCUT2D eigenvalue weighted by Crippen LogP contribution is -2.44. The Morgan fingerprint density at radius 3 is 2.62 bits per heavy atom. The van der Waals surface area contributed by atoms with E-state index in [1.165, 1.54) is 6.07 Å². The van der Waals surface area contributed by atoms with Crippen LogP contribution in [-0.2, 0) is 14.3 Å². The van der Waals surface area contributed by atoms with E-state index < -0.39 is 11.8 Å². The SMILES string of the molecule is COCCCOC1CN(c2cnc(OC3CCN(c4cc(OC)ncc4Cl)CC3C)c(F)c2)C(CC(=O)O)C1C. The Labute approximate surface area is 239 Å². The first-order valence-electron chi connectivity index (χ1n) is 13.6. The van der Waals surface area contributed by atoms with Gasteiger partial charge in [0, 0.05) is 76.4 Å². The third kappa shape index (κ3) is 7.05. The summed E-state index contributed by atoms with van der Waals surface area (Å²) >= 11 is 6.38. The van der Waals surface area contributed by atoms with Crippen LogP contribution in [0.2, 0.25) is 5.02 Å². The third-order valence-corrected chi connectivity index (χ3v) is 8.04. The second-order valence-corrected chi connectivity index (χ2v) is 10.9. The van der Waals surface area contributed by atoms with Crippen LogP contribution in [-0.4, -0.2) is 86.4 Å². The van der Waals surface area contributed by atoms with Crippen LogP contribution in [0, 0.1) is 17.7 Å². The molecule has 2 aliphatic heterocycles. The number of ether oxygens (including phenoxy) is 4. The summed E-state index contributed by atoms with van der Waals surface area (Å²) in [5, 5.41) is 10.1. The van der Waals surface area contributed by atoms with Crippen LogP contribution in [0.4, 0.5) is 15.8 Å². The van der Waals surface area contributed by atoms with Crippen molar-refractivity contribution in [2.45, 2.75) is 51.4 Å². The summed E-state index contributed by atoms with van der Waals surface area (Å²) in [6, 6.07) is 2.84. The number of hydrogen-bond donors (Lipinski definition) is 1. The van der Waals surface area contributed by atoms with Gasteiger partial charge in [-0.25, -0.2) is 14.4 Å². The maximum atomic E-state index is 15.3. The molecule has 0 saturated carbocycles.